The molecule has 19 heavy (non-hydrogen) atoms. The van der Waals surface area contributed by atoms with Crippen LogP contribution < -0.4 is 4.72 Å². The van der Waals surface area contributed by atoms with E-state index in [4.69, 9.17) is 5.11 Å². The number of benzene rings is 1. The van der Waals surface area contributed by atoms with Crippen LogP contribution in [0.1, 0.15) is 6.42 Å². The molecule has 0 saturated carbocycles. The molecule has 108 valence electrons. The molecule has 0 amide bonds. The summed E-state index contributed by atoms with van der Waals surface area (Å²) in [5, 5.41) is 8.59. The Labute approximate surface area is 108 Å². The quantitative estimate of drug-likeness (QED) is 0.772. The summed E-state index contributed by atoms with van der Waals surface area (Å²) in [4.78, 5) is 0. The van der Waals surface area contributed by atoms with Crippen LogP contribution in [0, 0.1) is 17.5 Å². The highest BCUT2D eigenvalue weighted by Gasteiger charge is 2.19. The zero-order valence-electron chi connectivity index (χ0n) is 10.0. The second-order valence-corrected chi connectivity index (χ2v) is 5.54. The molecule has 0 aromatic heterocycles. The Morgan fingerprint density at radius 1 is 1.26 bits per heavy atom. The Balaban J connectivity index is 2.89. The molecule has 1 rings (SSSR count). The van der Waals surface area contributed by atoms with Gasteiger partial charge in [0.15, 0.2) is 17.5 Å². The Morgan fingerprint density at radius 3 is 2.26 bits per heavy atom. The van der Waals surface area contributed by atoms with Gasteiger partial charge in [-0.2, -0.15) is 12.7 Å². The molecule has 1 aromatic rings. The maximum Gasteiger partial charge on any atom is 0.301 e. The van der Waals surface area contributed by atoms with Crippen LogP contribution in [0.3, 0.4) is 0 Å². The van der Waals surface area contributed by atoms with E-state index in [1.54, 1.807) is 0 Å². The molecule has 0 bridgehead atoms. The van der Waals surface area contributed by atoms with E-state index in [2.05, 4.69) is 0 Å². The van der Waals surface area contributed by atoms with Gasteiger partial charge in [0.1, 0.15) is 0 Å². The lowest BCUT2D eigenvalue weighted by Crippen LogP contribution is -2.33. The summed E-state index contributed by atoms with van der Waals surface area (Å²) >= 11 is 0. The number of rotatable bonds is 6. The van der Waals surface area contributed by atoms with E-state index in [0.29, 0.717) is 12.1 Å². The summed E-state index contributed by atoms with van der Waals surface area (Å²) < 4.78 is 64.7. The van der Waals surface area contributed by atoms with Crippen molar-refractivity contribution in [1.82, 2.24) is 4.31 Å². The number of aliphatic hydroxyl groups is 1. The fourth-order valence-corrected chi connectivity index (χ4v) is 2.20. The van der Waals surface area contributed by atoms with Crippen molar-refractivity contribution in [1.29, 1.82) is 0 Å². The first-order valence-corrected chi connectivity index (χ1v) is 6.71. The van der Waals surface area contributed by atoms with Gasteiger partial charge in [0.05, 0.1) is 5.69 Å². The Bertz CT molecular complexity index is 528. The molecule has 0 unspecified atom stereocenters. The number of nitrogens with one attached hydrogen (secondary N) is 1. The molecule has 5 nitrogen and oxygen atoms in total. The molecule has 0 heterocycles. The summed E-state index contributed by atoms with van der Waals surface area (Å²) in [6, 6.07) is 1.08. The number of hydrogen-bond acceptors (Lipinski definition) is 3. The van der Waals surface area contributed by atoms with E-state index < -0.39 is 33.3 Å². The highest BCUT2D eigenvalue weighted by molar-refractivity contribution is 7.90. The van der Waals surface area contributed by atoms with E-state index in [9.17, 15) is 21.6 Å². The lowest BCUT2D eigenvalue weighted by atomic mass is 10.3. The summed E-state index contributed by atoms with van der Waals surface area (Å²) in [5.41, 5.74) is -0.424. The first kappa shape index (κ1) is 15.7. The van der Waals surface area contributed by atoms with Crippen molar-refractivity contribution in [3.8, 4) is 0 Å². The number of aliphatic hydroxyl groups excluding tert-OH is 1. The summed E-state index contributed by atoms with van der Waals surface area (Å²) in [5.74, 6) is -4.65. The van der Waals surface area contributed by atoms with Gasteiger partial charge in [0, 0.05) is 32.3 Å². The fourth-order valence-electron chi connectivity index (χ4n) is 1.25. The molecule has 0 atom stereocenters. The Hall–Kier alpha value is -1.32. The zero-order chi connectivity index (χ0) is 14.6. The highest BCUT2D eigenvalue weighted by Crippen LogP contribution is 2.18. The number of anilines is 1. The summed E-state index contributed by atoms with van der Waals surface area (Å²) in [7, 11) is -2.79. The van der Waals surface area contributed by atoms with Gasteiger partial charge in [-0.25, -0.2) is 13.2 Å². The number of halogens is 3. The van der Waals surface area contributed by atoms with Crippen molar-refractivity contribution in [2.45, 2.75) is 6.42 Å². The minimum atomic E-state index is -4.02. The average Bonchev–Trinajstić information content (AvgIpc) is 2.32. The van der Waals surface area contributed by atoms with E-state index in [1.807, 2.05) is 4.72 Å². The SMILES string of the molecule is CN(CCCO)S(=O)(=O)Nc1cc(F)c(F)c(F)c1. The molecule has 2 N–H and O–H groups in total. The van der Waals surface area contributed by atoms with Crippen LogP contribution in [-0.4, -0.2) is 38.0 Å². The van der Waals surface area contributed by atoms with Crippen molar-refractivity contribution in [3.05, 3.63) is 29.6 Å². The van der Waals surface area contributed by atoms with Crippen LogP contribution in [0.4, 0.5) is 18.9 Å². The first-order valence-electron chi connectivity index (χ1n) is 5.27. The minimum absolute atomic E-state index is 0.0258. The van der Waals surface area contributed by atoms with Gasteiger partial charge in [0.25, 0.3) is 0 Å². The monoisotopic (exact) mass is 298 g/mol. The van der Waals surface area contributed by atoms with Crippen molar-refractivity contribution >= 4 is 15.9 Å². The zero-order valence-corrected chi connectivity index (χ0v) is 10.8. The second-order valence-electron chi connectivity index (χ2n) is 3.76. The van der Waals surface area contributed by atoms with Crippen molar-refractivity contribution < 1.29 is 26.7 Å². The molecule has 0 aliphatic rings. The molecule has 0 fully saturated rings. The van der Waals surface area contributed by atoms with E-state index in [0.717, 1.165) is 4.31 Å². The van der Waals surface area contributed by atoms with Gasteiger partial charge >= 0.3 is 10.2 Å². The van der Waals surface area contributed by atoms with Crippen LogP contribution in [0.5, 0.6) is 0 Å². The largest absolute Gasteiger partial charge is 0.396 e. The number of nitrogens with zero attached hydrogens (tertiary/aromatic N) is 1. The maximum atomic E-state index is 12.9. The van der Waals surface area contributed by atoms with Gasteiger partial charge in [-0.1, -0.05) is 0 Å². The average molecular weight is 298 g/mol. The normalized spacial score (nSPS) is 11.9. The molecular weight excluding hydrogens is 285 g/mol. The van der Waals surface area contributed by atoms with Crippen LogP contribution in [0.2, 0.25) is 0 Å². The number of hydrogen-bond donors (Lipinski definition) is 2. The van der Waals surface area contributed by atoms with Gasteiger partial charge in [-0.3, -0.25) is 4.72 Å². The predicted molar refractivity (Wildman–Crippen MR) is 63.2 cm³/mol. The molecule has 0 radical (unpaired) electrons. The van der Waals surface area contributed by atoms with Crippen LogP contribution in [0.15, 0.2) is 12.1 Å². The lowest BCUT2D eigenvalue weighted by molar-refractivity contribution is 0.276. The topological polar surface area (TPSA) is 69.6 Å². The van der Waals surface area contributed by atoms with E-state index in [1.165, 1.54) is 7.05 Å². The third kappa shape index (κ3) is 4.08. The Kier molecular flexibility index (Phi) is 5.15. The predicted octanol–water partition coefficient (Wildman–Crippen LogP) is 1.07. The van der Waals surface area contributed by atoms with Crippen molar-refractivity contribution in [2.75, 3.05) is 24.9 Å². The van der Waals surface area contributed by atoms with Crippen molar-refractivity contribution in [3.63, 3.8) is 0 Å². The standard InChI is InChI=1S/C10H13F3N2O3S/c1-15(3-2-4-16)19(17,18)14-7-5-8(11)10(13)9(12)6-7/h5-6,14,16H,2-4H2,1H3. The second kappa shape index (κ2) is 6.22. The van der Waals surface area contributed by atoms with Gasteiger partial charge < -0.3 is 5.11 Å². The van der Waals surface area contributed by atoms with Gasteiger partial charge in [-0.15, -0.1) is 0 Å². The maximum absolute atomic E-state index is 12.9. The van der Waals surface area contributed by atoms with Crippen LogP contribution >= 0.6 is 0 Å². The molecule has 9 heteroatoms. The smallest absolute Gasteiger partial charge is 0.301 e. The molecule has 0 saturated heterocycles. The molecule has 1 aromatic carbocycles. The van der Waals surface area contributed by atoms with E-state index in [-0.39, 0.29) is 19.6 Å². The lowest BCUT2D eigenvalue weighted by Gasteiger charge is -2.17. The molecule has 0 aliphatic heterocycles. The first-order chi connectivity index (χ1) is 8.77. The highest BCUT2D eigenvalue weighted by atomic mass is 32.2. The Morgan fingerprint density at radius 2 is 1.79 bits per heavy atom. The van der Waals surface area contributed by atoms with E-state index >= 15 is 0 Å². The van der Waals surface area contributed by atoms with Crippen LogP contribution in [-0.2, 0) is 10.2 Å². The fraction of sp³-hybridized carbons (Fsp3) is 0.400. The van der Waals surface area contributed by atoms with Gasteiger partial charge in [-0.05, 0) is 6.42 Å². The third-order valence-electron chi connectivity index (χ3n) is 2.27. The molecule has 0 spiro atoms. The summed E-state index contributed by atoms with van der Waals surface area (Å²) in [6.45, 7) is -0.169. The van der Waals surface area contributed by atoms with Crippen LogP contribution in [0.25, 0.3) is 0 Å². The van der Waals surface area contributed by atoms with Gasteiger partial charge in [0.2, 0.25) is 0 Å². The molecular formula is C10H13F3N2O3S. The molecule has 0 aliphatic carbocycles. The minimum Gasteiger partial charge on any atom is -0.396 e. The van der Waals surface area contributed by atoms with Crippen molar-refractivity contribution in [2.24, 2.45) is 0 Å². The summed E-state index contributed by atoms with van der Waals surface area (Å²) in [6.07, 6.45) is 0.212. The third-order valence-corrected chi connectivity index (χ3v) is 3.77.